The van der Waals surface area contributed by atoms with Crippen molar-refractivity contribution in [3.05, 3.63) is 6.20 Å². The molecular formula is C11H13N7O2. The van der Waals surface area contributed by atoms with Crippen molar-refractivity contribution in [2.24, 2.45) is 0 Å². The normalized spacial score (nSPS) is 19.3. The van der Waals surface area contributed by atoms with Crippen molar-refractivity contribution in [2.45, 2.75) is 13.0 Å². The predicted molar refractivity (Wildman–Crippen MR) is 71.2 cm³/mol. The largest absolute Gasteiger partial charge is 0.357 e. The Morgan fingerprint density at radius 3 is 2.95 bits per heavy atom. The van der Waals surface area contributed by atoms with Crippen molar-refractivity contribution in [3.63, 3.8) is 0 Å². The van der Waals surface area contributed by atoms with Crippen molar-refractivity contribution in [1.82, 2.24) is 25.5 Å². The molecule has 2 aromatic heterocycles. The summed E-state index contributed by atoms with van der Waals surface area (Å²) in [6, 6.07) is -0.495. The monoisotopic (exact) mass is 275 g/mol. The number of amides is 2. The lowest BCUT2D eigenvalue weighted by Crippen LogP contribution is -2.57. The van der Waals surface area contributed by atoms with Gasteiger partial charge >= 0.3 is 0 Å². The van der Waals surface area contributed by atoms with Crippen molar-refractivity contribution in [1.29, 1.82) is 0 Å². The van der Waals surface area contributed by atoms with Gasteiger partial charge in [-0.25, -0.2) is 0 Å². The number of hydrogen-bond acceptors (Lipinski definition) is 7. The van der Waals surface area contributed by atoms with Gasteiger partial charge in [0.2, 0.25) is 17.8 Å². The van der Waals surface area contributed by atoms with Gasteiger partial charge in [-0.05, 0) is 6.92 Å². The number of piperazine rings is 1. The highest BCUT2D eigenvalue weighted by Gasteiger charge is 2.32. The summed E-state index contributed by atoms with van der Waals surface area (Å²) in [7, 11) is 1.69. The van der Waals surface area contributed by atoms with Crippen molar-refractivity contribution < 1.29 is 9.59 Å². The van der Waals surface area contributed by atoms with Crippen molar-refractivity contribution >= 4 is 34.6 Å². The van der Waals surface area contributed by atoms with Crippen LogP contribution >= 0.6 is 0 Å². The van der Waals surface area contributed by atoms with Gasteiger partial charge in [0.25, 0.3) is 0 Å². The smallest absolute Gasteiger partial charge is 0.249 e. The van der Waals surface area contributed by atoms with Crippen LogP contribution in [0.5, 0.6) is 0 Å². The molecule has 0 aromatic carbocycles. The number of H-pyrrole nitrogens is 1. The number of imide groups is 1. The number of anilines is 2. The van der Waals surface area contributed by atoms with Gasteiger partial charge in [-0.15, -0.1) is 0 Å². The zero-order valence-electron chi connectivity index (χ0n) is 11.0. The highest BCUT2D eigenvalue weighted by Crippen LogP contribution is 2.26. The van der Waals surface area contributed by atoms with E-state index < -0.39 is 6.04 Å². The number of nitrogens with zero attached hydrogens (tertiary/aromatic N) is 4. The van der Waals surface area contributed by atoms with Crippen LogP contribution in [0.25, 0.3) is 11.0 Å². The molecule has 1 aliphatic rings. The Kier molecular flexibility index (Phi) is 2.74. The van der Waals surface area contributed by atoms with Gasteiger partial charge in [0, 0.05) is 7.05 Å². The van der Waals surface area contributed by atoms with Gasteiger partial charge in [-0.2, -0.15) is 15.1 Å². The predicted octanol–water partition coefficient (Wildman–Crippen LogP) is -0.754. The van der Waals surface area contributed by atoms with Crippen LogP contribution in [0.2, 0.25) is 0 Å². The minimum absolute atomic E-state index is 0.0629. The van der Waals surface area contributed by atoms with Crippen LogP contribution in [0, 0.1) is 0 Å². The zero-order valence-corrected chi connectivity index (χ0v) is 11.0. The van der Waals surface area contributed by atoms with Crippen LogP contribution in [0.3, 0.4) is 0 Å². The first kappa shape index (κ1) is 12.3. The molecule has 0 radical (unpaired) electrons. The number of aromatic nitrogens is 4. The number of aromatic amines is 1. The van der Waals surface area contributed by atoms with Crippen LogP contribution in [0.15, 0.2) is 6.20 Å². The molecule has 1 unspecified atom stereocenters. The third kappa shape index (κ3) is 1.83. The summed E-state index contributed by atoms with van der Waals surface area (Å²) < 4.78 is 0. The van der Waals surface area contributed by atoms with Gasteiger partial charge in [0.15, 0.2) is 5.65 Å². The van der Waals surface area contributed by atoms with E-state index in [1.54, 1.807) is 25.1 Å². The minimum Gasteiger partial charge on any atom is -0.357 e. The second-order valence-electron chi connectivity index (χ2n) is 4.47. The maximum atomic E-state index is 11.8. The molecule has 9 heteroatoms. The fourth-order valence-corrected chi connectivity index (χ4v) is 2.12. The lowest BCUT2D eigenvalue weighted by Gasteiger charge is -2.32. The molecule has 1 saturated heterocycles. The second kappa shape index (κ2) is 4.44. The third-order valence-corrected chi connectivity index (χ3v) is 3.21. The van der Waals surface area contributed by atoms with E-state index in [2.05, 4.69) is 30.8 Å². The van der Waals surface area contributed by atoms with E-state index in [9.17, 15) is 9.59 Å². The number of carbonyl (C=O) groups is 2. The molecule has 2 aromatic rings. The minimum atomic E-state index is -0.495. The molecular weight excluding hydrogens is 262 g/mol. The maximum absolute atomic E-state index is 11.8. The second-order valence-corrected chi connectivity index (χ2v) is 4.47. The lowest BCUT2D eigenvalue weighted by atomic mass is 10.2. The van der Waals surface area contributed by atoms with E-state index in [4.69, 9.17) is 0 Å². The van der Waals surface area contributed by atoms with Gasteiger partial charge in [-0.3, -0.25) is 20.0 Å². The average Bonchev–Trinajstić information content (AvgIpc) is 2.90. The molecule has 0 aliphatic carbocycles. The summed E-state index contributed by atoms with van der Waals surface area (Å²) in [5.41, 5.74) is 0.546. The summed E-state index contributed by atoms with van der Waals surface area (Å²) >= 11 is 0. The van der Waals surface area contributed by atoms with Gasteiger partial charge in [0.1, 0.15) is 11.9 Å². The maximum Gasteiger partial charge on any atom is 0.249 e. The summed E-state index contributed by atoms with van der Waals surface area (Å²) in [6.07, 6.45) is 1.58. The highest BCUT2D eigenvalue weighted by molar-refractivity contribution is 6.05. The summed E-state index contributed by atoms with van der Waals surface area (Å²) in [6.45, 7) is 1.78. The molecule has 3 heterocycles. The molecule has 0 spiro atoms. The van der Waals surface area contributed by atoms with E-state index in [1.807, 2.05) is 0 Å². The fraction of sp³-hybridized carbons (Fsp3) is 0.364. The molecule has 9 nitrogen and oxygen atoms in total. The number of nitrogens with one attached hydrogen (secondary N) is 3. The van der Waals surface area contributed by atoms with Crippen molar-refractivity contribution in [2.75, 3.05) is 23.8 Å². The number of rotatable bonds is 2. The molecule has 1 aliphatic heterocycles. The summed E-state index contributed by atoms with van der Waals surface area (Å²) in [5.74, 6) is 0.197. The highest BCUT2D eigenvalue weighted by atomic mass is 16.2. The average molecular weight is 275 g/mol. The van der Waals surface area contributed by atoms with E-state index >= 15 is 0 Å². The van der Waals surface area contributed by atoms with Crippen LogP contribution in [0.4, 0.5) is 11.8 Å². The first-order chi connectivity index (χ1) is 9.60. The van der Waals surface area contributed by atoms with Crippen LogP contribution < -0.4 is 15.5 Å². The molecule has 1 atom stereocenters. The van der Waals surface area contributed by atoms with E-state index in [0.717, 1.165) is 0 Å². The third-order valence-electron chi connectivity index (χ3n) is 3.21. The lowest BCUT2D eigenvalue weighted by molar-refractivity contribution is -0.132. The fourth-order valence-electron chi connectivity index (χ4n) is 2.12. The molecule has 3 N–H and O–H groups in total. The molecule has 3 rings (SSSR count). The molecule has 20 heavy (non-hydrogen) atoms. The van der Waals surface area contributed by atoms with Crippen LogP contribution in [0.1, 0.15) is 6.92 Å². The number of carbonyl (C=O) groups excluding carboxylic acids is 2. The van der Waals surface area contributed by atoms with Gasteiger partial charge in [-0.1, -0.05) is 0 Å². The zero-order chi connectivity index (χ0) is 14.3. The van der Waals surface area contributed by atoms with Crippen LogP contribution in [-0.2, 0) is 9.59 Å². The number of fused-ring (bicyclic) bond motifs is 1. The number of hydrogen-bond donors (Lipinski definition) is 3. The Labute approximate surface area is 113 Å². The quantitative estimate of drug-likeness (QED) is 0.617. The van der Waals surface area contributed by atoms with E-state index in [-0.39, 0.29) is 18.4 Å². The standard InChI is InChI=1S/C11H13N7O2/c1-5-10(20)14-7(19)4-18(5)9-6-3-13-17-8(6)15-11(12-2)16-9/h3,5H,4H2,1-2H3,(H,14,19,20)(H2,12,13,15,16,17). The Morgan fingerprint density at radius 2 is 2.20 bits per heavy atom. The van der Waals surface area contributed by atoms with E-state index in [1.165, 1.54) is 0 Å². The molecule has 2 amide bonds. The van der Waals surface area contributed by atoms with E-state index in [0.29, 0.717) is 22.8 Å². The molecule has 0 bridgehead atoms. The van der Waals surface area contributed by atoms with Crippen molar-refractivity contribution in [3.8, 4) is 0 Å². The first-order valence-corrected chi connectivity index (χ1v) is 6.09. The Bertz CT molecular complexity index is 695. The Balaban J connectivity index is 2.14. The molecule has 1 fully saturated rings. The molecule has 104 valence electrons. The topological polar surface area (TPSA) is 116 Å². The Morgan fingerprint density at radius 1 is 1.40 bits per heavy atom. The van der Waals surface area contributed by atoms with Crippen LogP contribution in [-0.4, -0.2) is 51.6 Å². The first-order valence-electron chi connectivity index (χ1n) is 6.09. The Hall–Kier alpha value is -2.71. The summed E-state index contributed by atoms with van der Waals surface area (Å²) in [4.78, 5) is 33.5. The van der Waals surface area contributed by atoms with Gasteiger partial charge < -0.3 is 10.2 Å². The SMILES string of the molecule is CNc1nc(N2CC(=O)NC(=O)C2C)c2cn[nH]c2n1. The molecule has 0 saturated carbocycles. The summed E-state index contributed by atoms with van der Waals surface area (Å²) in [5, 5.41) is 12.5. The van der Waals surface area contributed by atoms with Gasteiger partial charge in [0.05, 0.1) is 18.1 Å².